The van der Waals surface area contributed by atoms with Crippen molar-refractivity contribution in [2.45, 2.75) is 39.2 Å². The van der Waals surface area contributed by atoms with Gasteiger partial charge in [-0.3, -0.25) is 4.79 Å². The molecular weight excluding hydrogens is 234 g/mol. The van der Waals surface area contributed by atoms with Crippen molar-refractivity contribution in [3.05, 3.63) is 34.9 Å². The molecule has 94 valence electrons. The van der Waals surface area contributed by atoms with E-state index in [1.807, 2.05) is 24.3 Å². The first-order chi connectivity index (χ1) is 7.79. The summed E-state index contributed by atoms with van der Waals surface area (Å²) in [5.41, 5.74) is 1.03. The van der Waals surface area contributed by atoms with Crippen LogP contribution in [0, 0.1) is 0 Å². The van der Waals surface area contributed by atoms with E-state index >= 15 is 0 Å². The van der Waals surface area contributed by atoms with Gasteiger partial charge in [-0.25, -0.2) is 0 Å². The van der Waals surface area contributed by atoms with E-state index in [4.69, 9.17) is 11.6 Å². The molecule has 0 aliphatic carbocycles. The van der Waals surface area contributed by atoms with Gasteiger partial charge in [0.25, 0.3) is 0 Å². The van der Waals surface area contributed by atoms with E-state index in [9.17, 15) is 4.79 Å². The number of carbonyl (C=O) groups excluding carboxylic acids is 1. The third-order valence-electron chi connectivity index (χ3n) is 2.60. The molecule has 0 spiro atoms. The van der Waals surface area contributed by atoms with Crippen molar-refractivity contribution in [3.63, 3.8) is 0 Å². The molecule has 0 aliphatic rings. The fourth-order valence-corrected chi connectivity index (χ4v) is 1.73. The van der Waals surface area contributed by atoms with E-state index in [2.05, 4.69) is 26.1 Å². The van der Waals surface area contributed by atoms with Gasteiger partial charge in [-0.1, -0.05) is 23.7 Å². The first-order valence-corrected chi connectivity index (χ1v) is 6.18. The van der Waals surface area contributed by atoms with Gasteiger partial charge < -0.3 is 5.32 Å². The van der Waals surface area contributed by atoms with Crippen LogP contribution in [-0.2, 0) is 4.79 Å². The van der Waals surface area contributed by atoms with E-state index in [-0.39, 0.29) is 17.2 Å². The number of hydrogen-bond acceptors (Lipinski definition) is 2. The number of carbonyl (C=O) groups is 1. The van der Waals surface area contributed by atoms with Crippen LogP contribution in [0.3, 0.4) is 0 Å². The van der Waals surface area contributed by atoms with Gasteiger partial charge in [0, 0.05) is 17.1 Å². The maximum absolute atomic E-state index is 11.7. The van der Waals surface area contributed by atoms with Crippen LogP contribution in [0.2, 0.25) is 5.02 Å². The van der Waals surface area contributed by atoms with Gasteiger partial charge >= 0.3 is 0 Å². The molecule has 0 radical (unpaired) electrons. The molecule has 1 N–H and O–H groups in total. The fourth-order valence-electron chi connectivity index (χ4n) is 1.60. The van der Waals surface area contributed by atoms with Crippen LogP contribution >= 0.6 is 11.6 Å². The molecular formula is C14H20ClNO. The van der Waals surface area contributed by atoms with E-state index in [1.165, 1.54) is 0 Å². The highest BCUT2D eigenvalue weighted by Crippen LogP contribution is 2.19. The van der Waals surface area contributed by atoms with E-state index in [0.29, 0.717) is 11.6 Å². The van der Waals surface area contributed by atoms with Crippen LogP contribution in [0.5, 0.6) is 0 Å². The Hall–Kier alpha value is -0.860. The number of hydrogen-bond donors (Lipinski definition) is 1. The van der Waals surface area contributed by atoms with Crippen molar-refractivity contribution in [1.29, 1.82) is 0 Å². The summed E-state index contributed by atoms with van der Waals surface area (Å²) in [4.78, 5) is 11.7. The van der Waals surface area contributed by atoms with E-state index < -0.39 is 0 Å². The summed E-state index contributed by atoms with van der Waals surface area (Å²) in [6.07, 6.45) is 0. The predicted octanol–water partition coefficient (Wildman–Crippen LogP) is 3.40. The molecule has 17 heavy (non-hydrogen) atoms. The molecule has 1 atom stereocenters. The second-order valence-corrected chi connectivity index (χ2v) is 5.78. The molecule has 0 saturated heterocycles. The minimum absolute atomic E-state index is 0.0140. The Morgan fingerprint density at radius 2 is 1.82 bits per heavy atom. The second kappa shape index (κ2) is 5.65. The van der Waals surface area contributed by atoms with Gasteiger partial charge in [0.15, 0.2) is 0 Å². The van der Waals surface area contributed by atoms with Crippen LogP contribution in [0.1, 0.15) is 39.2 Å². The first kappa shape index (κ1) is 14.2. The summed E-state index contributed by atoms with van der Waals surface area (Å²) in [7, 11) is 0. The molecule has 1 rings (SSSR count). The van der Waals surface area contributed by atoms with Crippen LogP contribution in [0.25, 0.3) is 0 Å². The van der Waals surface area contributed by atoms with Gasteiger partial charge in [0.05, 0.1) is 5.92 Å². The molecule has 0 aliphatic heterocycles. The Labute approximate surface area is 108 Å². The number of rotatable bonds is 4. The fraction of sp³-hybridized carbons (Fsp3) is 0.500. The maximum atomic E-state index is 11.7. The smallest absolute Gasteiger partial charge is 0.138 e. The highest BCUT2D eigenvalue weighted by molar-refractivity contribution is 6.30. The topological polar surface area (TPSA) is 29.1 Å². The van der Waals surface area contributed by atoms with Gasteiger partial charge in [-0.05, 0) is 45.4 Å². The average molecular weight is 254 g/mol. The lowest BCUT2D eigenvalue weighted by molar-refractivity contribution is -0.118. The Bertz CT molecular complexity index is 378. The Morgan fingerprint density at radius 1 is 1.29 bits per heavy atom. The highest BCUT2D eigenvalue weighted by atomic mass is 35.5. The normalized spacial score (nSPS) is 13.5. The van der Waals surface area contributed by atoms with Crippen molar-refractivity contribution in [3.8, 4) is 0 Å². The van der Waals surface area contributed by atoms with Crippen LogP contribution in [-0.4, -0.2) is 17.9 Å². The van der Waals surface area contributed by atoms with Crippen LogP contribution < -0.4 is 5.32 Å². The molecule has 0 fully saturated rings. The molecule has 0 saturated carbocycles. The summed E-state index contributed by atoms with van der Waals surface area (Å²) in [5.74, 6) is 0.0653. The average Bonchev–Trinajstić information content (AvgIpc) is 2.18. The van der Waals surface area contributed by atoms with E-state index in [1.54, 1.807) is 6.92 Å². The lowest BCUT2D eigenvalue weighted by atomic mass is 9.94. The van der Waals surface area contributed by atoms with Crippen molar-refractivity contribution in [2.24, 2.45) is 0 Å². The standard InChI is InChI=1S/C14H20ClNO/c1-10(17)13(9-16-14(2,3)4)11-5-7-12(15)8-6-11/h5-8,13,16H,9H2,1-4H3/t13-/m1/s1. The zero-order chi connectivity index (χ0) is 13.1. The number of benzene rings is 1. The zero-order valence-electron chi connectivity index (χ0n) is 10.9. The molecule has 2 nitrogen and oxygen atoms in total. The third-order valence-corrected chi connectivity index (χ3v) is 2.85. The van der Waals surface area contributed by atoms with Gasteiger partial charge in [0.1, 0.15) is 5.78 Å². The number of Topliss-reactive ketones (excluding diaryl/α,β-unsaturated/α-hetero) is 1. The molecule has 0 unspecified atom stereocenters. The molecule has 3 heteroatoms. The van der Waals surface area contributed by atoms with Gasteiger partial charge in [-0.15, -0.1) is 0 Å². The maximum Gasteiger partial charge on any atom is 0.138 e. The highest BCUT2D eigenvalue weighted by Gasteiger charge is 2.19. The first-order valence-electron chi connectivity index (χ1n) is 5.80. The van der Waals surface area contributed by atoms with Crippen molar-refractivity contribution >= 4 is 17.4 Å². The van der Waals surface area contributed by atoms with Gasteiger partial charge in [0.2, 0.25) is 0 Å². The molecule has 0 aromatic heterocycles. The monoisotopic (exact) mass is 253 g/mol. The van der Waals surface area contributed by atoms with Gasteiger partial charge in [-0.2, -0.15) is 0 Å². The van der Waals surface area contributed by atoms with Crippen molar-refractivity contribution in [2.75, 3.05) is 6.54 Å². The second-order valence-electron chi connectivity index (χ2n) is 5.35. The van der Waals surface area contributed by atoms with Crippen molar-refractivity contribution < 1.29 is 4.79 Å². The number of nitrogens with one attached hydrogen (secondary N) is 1. The number of ketones is 1. The number of halogens is 1. The Morgan fingerprint density at radius 3 is 2.24 bits per heavy atom. The lowest BCUT2D eigenvalue weighted by Gasteiger charge is -2.24. The minimum Gasteiger partial charge on any atom is -0.311 e. The lowest BCUT2D eigenvalue weighted by Crippen LogP contribution is -2.39. The summed E-state index contributed by atoms with van der Waals surface area (Å²) in [5, 5.41) is 4.06. The van der Waals surface area contributed by atoms with Crippen LogP contribution in [0.4, 0.5) is 0 Å². The quantitative estimate of drug-likeness (QED) is 0.891. The summed E-state index contributed by atoms with van der Waals surface area (Å²) < 4.78 is 0. The molecule has 1 aromatic carbocycles. The Kier molecular flexibility index (Phi) is 4.72. The SMILES string of the molecule is CC(=O)[C@@H](CNC(C)(C)C)c1ccc(Cl)cc1. The van der Waals surface area contributed by atoms with Crippen LogP contribution in [0.15, 0.2) is 24.3 Å². The third kappa shape index (κ3) is 4.88. The minimum atomic E-state index is -0.105. The zero-order valence-corrected chi connectivity index (χ0v) is 11.6. The molecule has 0 amide bonds. The molecule has 0 bridgehead atoms. The predicted molar refractivity (Wildman–Crippen MR) is 72.6 cm³/mol. The van der Waals surface area contributed by atoms with Crippen molar-refractivity contribution in [1.82, 2.24) is 5.32 Å². The Balaban J connectivity index is 2.79. The summed E-state index contributed by atoms with van der Waals surface area (Å²) in [6.45, 7) is 8.55. The summed E-state index contributed by atoms with van der Waals surface area (Å²) >= 11 is 5.85. The largest absolute Gasteiger partial charge is 0.311 e. The molecule has 0 heterocycles. The van der Waals surface area contributed by atoms with E-state index in [0.717, 1.165) is 5.56 Å². The molecule has 1 aromatic rings. The summed E-state index contributed by atoms with van der Waals surface area (Å²) in [6, 6.07) is 7.48.